The molecule has 5 atom stereocenters. The van der Waals surface area contributed by atoms with Crippen molar-refractivity contribution in [1.29, 1.82) is 0 Å². The van der Waals surface area contributed by atoms with Gasteiger partial charge in [0.05, 0.1) is 18.2 Å². The van der Waals surface area contributed by atoms with E-state index in [1.807, 2.05) is 0 Å². The van der Waals surface area contributed by atoms with Gasteiger partial charge in [0.15, 0.2) is 5.78 Å². The van der Waals surface area contributed by atoms with E-state index in [1.165, 1.54) is 13.3 Å². The predicted molar refractivity (Wildman–Crippen MR) is 235 cm³/mol. The first kappa shape index (κ1) is 58.8. The summed E-state index contributed by atoms with van der Waals surface area (Å²) in [5, 5.41) is 54.6. The minimum Gasteiger partial charge on any atom is -0.481 e. The monoisotopic (exact) mass is 949 g/mol. The van der Waals surface area contributed by atoms with Gasteiger partial charge in [0.1, 0.15) is 41.8 Å². The van der Waals surface area contributed by atoms with Crippen molar-refractivity contribution in [3.8, 4) is 0 Å². The van der Waals surface area contributed by atoms with Crippen LogP contribution in [0.5, 0.6) is 0 Å². The van der Waals surface area contributed by atoms with Gasteiger partial charge in [-0.15, -0.1) is 0 Å². The number of aliphatic hydroxyl groups excluding tert-OH is 1. The van der Waals surface area contributed by atoms with Gasteiger partial charge in [-0.3, -0.25) is 43.2 Å². The fraction of sp³-hybridized carbons (Fsp3) is 0.667. The average molecular weight is 950 g/mol. The maximum atomic E-state index is 13.1. The number of carbonyl (C=O) groups excluding carboxylic acids is 8. The number of Topliss-reactive ketones (excluding diaryl/α,β-unsaturated/α-hetero) is 5. The maximum absolute atomic E-state index is 13.1. The van der Waals surface area contributed by atoms with E-state index >= 15 is 0 Å². The zero-order valence-electron chi connectivity index (χ0n) is 38.5. The highest BCUT2D eigenvalue weighted by Gasteiger charge is 2.30. The molecule has 0 unspecified atom stereocenters. The Hall–Kier alpha value is -6.19. The van der Waals surface area contributed by atoms with Gasteiger partial charge in [0, 0.05) is 87.6 Å². The van der Waals surface area contributed by atoms with Crippen molar-refractivity contribution in [2.75, 3.05) is 13.2 Å². The molecule has 0 fully saturated rings. The molecule has 67 heavy (non-hydrogen) atoms. The number of unbranched alkanes of at least 4 members (excludes halogenated alkanes) is 1. The van der Waals surface area contributed by atoms with E-state index in [1.54, 1.807) is 20.0 Å². The molecule has 0 spiro atoms. The Morgan fingerprint density at radius 2 is 1.15 bits per heavy atom. The van der Waals surface area contributed by atoms with Gasteiger partial charge in [-0.1, -0.05) is 20.3 Å². The summed E-state index contributed by atoms with van der Waals surface area (Å²) in [6.45, 7) is 4.18. The summed E-state index contributed by atoms with van der Waals surface area (Å²) >= 11 is 0. The number of carbonyl (C=O) groups is 12. The molecular weight excluding hydrogens is 883 g/mol. The number of aromatic nitrogens is 2. The molecule has 0 bridgehead atoms. The standard InChI is InChI=1S/C45H67N5O17/c1-27(52)22-29(41(60)61)8-16-39(58)49-34(43(64)65)13-12-33(54)23-30(42(62)63)9-17-40(59)50-35(44(66)67)14-18-38(57)47-21-5-4-6-28(36(55)25-51)7-15-37(56)45(2,3)20-19-32(53)11-10-31-24-46-26-48-31/h24,26,28-30,34-35,51H,4-23,25H2,1-3H3,(H,46,48)(H,47,57)(H,49,58)(H,50,59)(H,60,61)(H,62,63)(H,64,65)(H,66,67)/t28-,29-,30-,34+,35+/m1/s1. The van der Waals surface area contributed by atoms with Gasteiger partial charge in [-0.25, -0.2) is 14.6 Å². The molecule has 22 nitrogen and oxygen atoms in total. The van der Waals surface area contributed by atoms with E-state index in [0.717, 1.165) is 5.69 Å². The molecule has 0 aliphatic rings. The fourth-order valence-electron chi connectivity index (χ4n) is 7.07. The molecule has 0 radical (unpaired) electrons. The summed E-state index contributed by atoms with van der Waals surface area (Å²) in [6, 6.07) is -3.07. The van der Waals surface area contributed by atoms with Crippen molar-refractivity contribution in [2.45, 2.75) is 155 Å². The molecule has 1 heterocycles. The van der Waals surface area contributed by atoms with Gasteiger partial charge in [0.2, 0.25) is 17.7 Å². The Morgan fingerprint density at radius 1 is 0.612 bits per heavy atom. The predicted octanol–water partition coefficient (Wildman–Crippen LogP) is 2.13. The van der Waals surface area contributed by atoms with Crippen LogP contribution in [0.1, 0.15) is 142 Å². The number of ketones is 5. The van der Waals surface area contributed by atoms with E-state index in [2.05, 4.69) is 25.9 Å². The lowest BCUT2D eigenvalue weighted by molar-refractivity contribution is -0.145. The van der Waals surface area contributed by atoms with Gasteiger partial charge in [-0.05, 0) is 64.7 Å². The zero-order valence-corrected chi connectivity index (χ0v) is 38.5. The van der Waals surface area contributed by atoms with Crippen LogP contribution in [0.3, 0.4) is 0 Å². The van der Waals surface area contributed by atoms with Gasteiger partial charge in [0.25, 0.3) is 0 Å². The third kappa shape index (κ3) is 25.3. The van der Waals surface area contributed by atoms with Crippen molar-refractivity contribution in [2.24, 2.45) is 23.2 Å². The molecule has 1 aromatic rings. The van der Waals surface area contributed by atoms with Gasteiger partial charge in [-0.2, -0.15) is 0 Å². The summed E-state index contributed by atoms with van der Waals surface area (Å²) in [7, 11) is 0. The topological polar surface area (TPSA) is 371 Å². The Kier molecular flexibility index (Phi) is 27.1. The first-order valence-corrected chi connectivity index (χ1v) is 22.4. The van der Waals surface area contributed by atoms with E-state index in [0.29, 0.717) is 38.5 Å². The van der Waals surface area contributed by atoms with Crippen LogP contribution in [0, 0.1) is 23.2 Å². The Balaban J connectivity index is 2.51. The van der Waals surface area contributed by atoms with Gasteiger partial charge < -0.3 is 51.3 Å². The Morgan fingerprint density at radius 3 is 1.66 bits per heavy atom. The Bertz CT molecular complexity index is 1880. The number of aliphatic hydroxyl groups is 1. The van der Waals surface area contributed by atoms with Crippen LogP contribution in [-0.4, -0.2) is 131 Å². The number of imidazole rings is 1. The summed E-state index contributed by atoms with van der Waals surface area (Å²) in [5.41, 5.74) is 0.0519. The molecular formula is C45H67N5O17. The molecule has 0 saturated heterocycles. The second-order valence-corrected chi connectivity index (χ2v) is 17.4. The van der Waals surface area contributed by atoms with E-state index in [4.69, 9.17) is 0 Å². The molecule has 22 heteroatoms. The number of aromatic amines is 1. The number of nitrogens with zero attached hydrogens (tertiary/aromatic N) is 1. The molecule has 374 valence electrons. The molecule has 3 amide bonds. The average Bonchev–Trinajstić information content (AvgIpc) is 3.79. The van der Waals surface area contributed by atoms with Crippen LogP contribution in [0.25, 0.3) is 0 Å². The van der Waals surface area contributed by atoms with E-state index in [9.17, 15) is 83.1 Å². The summed E-state index contributed by atoms with van der Waals surface area (Å²) in [6.07, 6.45) is 2.16. The van der Waals surface area contributed by atoms with Crippen LogP contribution in [-0.2, 0) is 64.0 Å². The largest absolute Gasteiger partial charge is 0.481 e. The number of carboxylic acids is 4. The SMILES string of the molecule is CC(=O)C[C@@H](CCC(=O)N[C@@H](CCC(=O)C[C@@H](CCC(=O)N[C@@H](CCC(=O)NCCCC[C@H](CCC(=O)C(C)(C)CCC(=O)CCc1cnc[nH]1)C(=O)CO)C(=O)O)C(=O)O)C(=O)O)C(=O)O. The fourth-order valence-corrected chi connectivity index (χ4v) is 7.07. The maximum Gasteiger partial charge on any atom is 0.326 e. The number of aryl methyl sites for hydroxylation is 1. The zero-order chi connectivity index (χ0) is 50.7. The first-order valence-electron chi connectivity index (χ1n) is 22.4. The first-order chi connectivity index (χ1) is 31.4. The highest BCUT2D eigenvalue weighted by Crippen LogP contribution is 2.28. The third-order valence-corrected chi connectivity index (χ3v) is 11.4. The number of H-pyrrole nitrogens is 1. The number of nitrogens with one attached hydrogen (secondary N) is 4. The molecule has 0 saturated carbocycles. The molecule has 9 N–H and O–H groups in total. The van der Waals surface area contributed by atoms with Crippen LogP contribution in [0.2, 0.25) is 0 Å². The highest BCUT2D eigenvalue weighted by molar-refractivity contribution is 5.89. The lowest BCUT2D eigenvalue weighted by atomic mass is 9.79. The second kappa shape index (κ2) is 30.9. The summed E-state index contributed by atoms with van der Waals surface area (Å²) < 4.78 is 0. The minimum atomic E-state index is -1.56. The van der Waals surface area contributed by atoms with Crippen LogP contribution < -0.4 is 16.0 Å². The second-order valence-electron chi connectivity index (χ2n) is 17.4. The number of amides is 3. The van der Waals surface area contributed by atoms with Crippen molar-refractivity contribution >= 4 is 70.5 Å². The molecule has 0 aromatic carbocycles. The summed E-state index contributed by atoms with van der Waals surface area (Å²) in [4.78, 5) is 153. The van der Waals surface area contributed by atoms with E-state index < -0.39 is 133 Å². The third-order valence-electron chi connectivity index (χ3n) is 11.4. The Labute approximate surface area is 388 Å². The number of hydrogen-bond donors (Lipinski definition) is 9. The normalized spacial score (nSPS) is 13.5. The summed E-state index contributed by atoms with van der Waals surface area (Å²) in [5.74, 6) is -12.7. The van der Waals surface area contributed by atoms with Crippen molar-refractivity contribution in [1.82, 2.24) is 25.9 Å². The van der Waals surface area contributed by atoms with E-state index in [-0.39, 0.29) is 69.5 Å². The van der Waals surface area contributed by atoms with Crippen molar-refractivity contribution in [3.63, 3.8) is 0 Å². The molecule has 1 rings (SSSR count). The molecule has 0 aliphatic heterocycles. The lowest BCUT2D eigenvalue weighted by Gasteiger charge is -2.24. The van der Waals surface area contributed by atoms with Crippen LogP contribution >= 0.6 is 0 Å². The number of aliphatic carboxylic acids is 4. The number of rotatable bonds is 39. The lowest BCUT2D eigenvalue weighted by Crippen LogP contribution is -2.42. The van der Waals surface area contributed by atoms with Crippen molar-refractivity contribution in [3.05, 3.63) is 18.2 Å². The van der Waals surface area contributed by atoms with Crippen LogP contribution in [0.4, 0.5) is 0 Å². The quantitative estimate of drug-likeness (QED) is 0.0427. The molecule has 0 aliphatic carbocycles. The molecule has 1 aromatic heterocycles. The smallest absolute Gasteiger partial charge is 0.326 e. The number of hydrogen-bond acceptors (Lipinski definition) is 14. The minimum absolute atomic E-state index is 0.0220. The number of carboxylic acid groups (broad SMARTS) is 4. The van der Waals surface area contributed by atoms with Gasteiger partial charge >= 0.3 is 23.9 Å². The van der Waals surface area contributed by atoms with Crippen molar-refractivity contribution < 1.29 is 83.1 Å². The highest BCUT2D eigenvalue weighted by atomic mass is 16.4. The van der Waals surface area contributed by atoms with Crippen LogP contribution in [0.15, 0.2) is 12.5 Å².